The number of nitrogens with zero attached hydrogens (tertiary/aromatic N) is 2. The summed E-state index contributed by atoms with van der Waals surface area (Å²) < 4.78 is 27.4. The SMILES string of the molecule is CCc1ccc([C@@H](C)NS(=O)(=O)c2nnc(NC(=O)C(C)(C)C)s2)cc1. The molecule has 1 heterocycles. The number of anilines is 1. The molecule has 26 heavy (non-hydrogen) atoms. The van der Waals surface area contributed by atoms with Crippen molar-refractivity contribution < 1.29 is 13.2 Å². The monoisotopic (exact) mass is 396 g/mol. The third kappa shape index (κ3) is 5.09. The maximum atomic E-state index is 12.5. The highest BCUT2D eigenvalue weighted by Gasteiger charge is 2.26. The van der Waals surface area contributed by atoms with Gasteiger partial charge in [0.2, 0.25) is 15.4 Å². The van der Waals surface area contributed by atoms with Crippen molar-refractivity contribution >= 4 is 32.4 Å². The van der Waals surface area contributed by atoms with Crippen molar-refractivity contribution in [3.8, 4) is 0 Å². The Labute approximate surface area is 158 Å². The van der Waals surface area contributed by atoms with E-state index in [0.717, 1.165) is 23.3 Å². The average molecular weight is 397 g/mol. The maximum absolute atomic E-state index is 12.5. The molecule has 0 aliphatic rings. The molecule has 0 aliphatic carbocycles. The number of carbonyl (C=O) groups is 1. The number of aryl methyl sites for hydroxylation is 1. The lowest BCUT2D eigenvalue weighted by atomic mass is 9.96. The van der Waals surface area contributed by atoms with Gasteiger partial charge in [-0.05, 0) is 24.5 Å². The number of carbonyl (C=O) groups excluding carboxylic acids is 1. The van der Waals surface area contributed by atoms with Crippen molar-refractivity contribution in [1.82, 2.24) is 14.9 Å². The number of nitrogens with one attached hydrogen (secondary N) is 2. The highest BCUT2D eigenvalue weighted by atomic mass is 32.2. The Kier molecular flexibility index (Phi) is 6.15. The third-order valence-corrected chi connectivity index (χ3v) is 6.50. The maximum Gasteiger partial charge on any atom is 0.270 e. The normalized spacial score (nSPS) is 13.4. The minimum atomic E-state index is -3.83. The molecule has 142 valence electrons. The summed E-state index contributed by atoms with van der Waals surface area (Å²) in [5.74, 6) is -0.255. The van der Waals surface area contributed by atoms with Gasteiger partial charge >= 0.3 is 0 Å². The van der Waals surface area contributed by atoms with Crippen molar-refractivity contribution in [2.24, 2.45) is 5.41 Å². The number of rotatable bonds is 6. The van der Waals surface area contributed by atoms with Gasteiger partial charge in [0.15, 0.2) is 0 Å². The van der Waals surface area contributed by atoms with Gasteiger partial charge in [-0.25, -0.2) is 13.1 Å². The number of sulfonamides is 1. The largest absolute Gasteiger partial charge is 0.300 e. The molecular weight excluding hydrogens is 372 g/mol. The summed E-state index contributed by atoms with van der Waals surface area (Å²) in [6.07, 6.45) is 0.925. The lowest BCUT2D eigenvalue weighted by Gasteiger charge is -2.15. The van der Waals surface area contributed by atoms with Crippen LogP contribution in [0.2, 0.25) is 0 Å². The predicted octanol–water partition coefficient (Wildman–Crippen LogP) is 3.12. The second-order valence-corrected chi connectivity index (χ2v) is 9.88. The van der Waals surface area contributed by atoms with Crippen LogP contribution in [0, 0.1) is 5.41 Å². The van der Waals surface area contributed by atoms with Crippen molar-refractivity contribution in [2.45, 2.75) is 51.4 Å². The van der Waals surface area contributed by atoms with Crippen molar-refractivity contribution in [3.63, 3.8) is 0 Å². The highest BCUT2D eigenvalue weighted by molar-refractivity contribution is 7.91. The summed E-state index contributed by atoms with van der Waals surface area (Å²) in [7, 11) is -3.83. The smallest absolute Gasteiger partial charge is 0.270 e. The first-order valence-corrected chi connectivity index (χ1v) is 10.6. The number of aromatic nitrogens is 2. The molecular formula is C17H24N4O3S2. The minimum absolute atomic E-state index is 0.158. The summed E-state index contributed by atoms with van der Waals surface area (Å²) >= 11 is 0.823. The zero-order valence-corrected chi connectivity index (χ0v) is 17.2. The van der Waals surface area contributed by atoms with E-state index in [4.69, 9.17) is 0 Å². The Morgan fingerprint density at radius 1 is 1.19 bits per heavy atom. The fourth-order valence-electron chi connectivity index (χ4n) is 2.05. The van der Waals surface area contributed by atoms with Crippen LogP contribution in [0.1, 0.15) is 51.8 Å². The number of hydrogen-bond acceptors (Lipinski definition) is 6. The molecule has 7 nitrogen and oxygen atoms in total. The first-order chi connectivity index (χ1) is 12.0. The molecule has 1 atom stereocenters. The topological polar surface area (TPSA) is 101 Å². The van der Waals surface area contributed by atoms with E-state index < -0.39 is 21.5 Å². The first kappa shape index (κ1) is 20.5. The summed E-state index contributed by atoms with van der Waals surface area (Å²) in [6, 6.07) is 7.35. The molecule has 1 amide bonds. The van der Waals surface area contributed by atoms with Crippen LogP contribution in [0.4, 0.5) is 5.13 Å². The summed E-state index contributed by atoms with van der Waals surface area (Å²) in [5, 5.41) is 10.2. The lowest BCUT2D eigenvalue weighted by Crippen LogP contribution is -2.27. The Hall–Kier alpha value is -1.84. The van der Waals surface area contributed by atoms with E-state index in [1.807, 2.05) is 24.3 Å². The van der Waals surface area contributed by atoms with Gasteiger partial charge in [-0.1, -0.05) is 63.3 Å². The number of hydrogen-bond donors (Lipinski definition) is 2. The van der Waals surface area contributed by atoms with Crippen LogP contribution in [0.3, 0.4) is 0 Å². The van der Waals surface area contributed by atoms with E-state index in [1.54, 1.807) is 27.7 Å². The van der Waals surface area contributed by atoms with Crippen LogP contribution in [0.25, 0.3) is 0 Å². The van der Waals surface area contributed by atoms with Gasteiger partial charge in [0.1, 0.15) is 0 Å². The van der Waals surface area contributed by atoms with E-state index in [9.17, 15) is 13.2 Å². The molecule has 2 aromatic rings. The van der Waals surface area contributed by atoms with E-state index >= 15 is 0 Å². The molecule has 2 N–H and O–H groups in total. The molecule has 9 heteroatoms. The predicted molar refractivity (Wildman–Crippen MR) is 103 cm³/mol. The van der Waals surface area contributed by atoms with Crippen LogP contribution >= 0.6 is 11.3 Å². The molecule has 0 spiro atoms. The minimum Gasteiger partial charge on any atom is -0.300 e. The molecule has 0 aliphatic heterocycles. The van der Waals surface area contributed by atoms with E-state index in [1.165, 1.54) is 5.56 Å². The van der Waals surface area contributed by atoms with Gasteiger partial charge in [-0.15, -0.1) is 10.2 Å². The molecule has 0 saturated heterocycles. The average Bonchev–Trinajstić information content (AvgIpc) is 3.03. The lowest BCUT2D eigenvalue weighted by molar-refractivity contribution is -0.123. The van der Waals surface area contributed by atoms with Gasteiger partial charge in [-0.2, -0.15) is 0 Å². The summed E-state index contributed by atoms with van der Waals surface area (Å²) in [6.45, 7) is 9.10. The van der Waals surface area contributed by atoms with Crippen molar-refractivity contribution in [2.75, 3.05) is 5.32 Å². The Balaban J connectivity index is 2.11. The van der Waals surface area contributed by atoms with Crippen LogP contribution in [0.15, 0.2) is 28.6 Å². The Morgan fingerprint density at radius 2 is 1.81 bits per heavy atom. The van der Waals surface area contributed by atoms with Crippen LogP contribution in [0.5, 0.6) is 0 Å². The van der Waals surface area contributed by atoms with E-state index in [0.29, 0.717) is 0 Å². The fourth-order valence-corrected chi connectivity index (χ4v) is 4.19. The van der Waals surface area contributed by atoms with E-state index in [-0.39, 0.29) is 15.4 Å². The van der Waals surface area contributed by atoms with Crippen molar-refractivity contribution in [1.29, 1.82) is 0 Å². The third-order valence-electron chi connectivity index (χ3n) is 3.76. The fraction of sp³-hybridized carbons (Fsp3) is 0.471. The second kappa shape index (κ2) is 7.81. The van der Waals surface area contributed by atoms with Crippen LogP contribution < -0.4 is 10.0 Å². The Bertz CT molecular complexity index is 868. The Morgan fingerprint density at radius 3 is 2.35 bits per heavy atom. The molecule has 0 radical (unpaired) electrons. The molecule has 0 fully saturated rings. The van der Waals surface area contributed by atoms with Gasteiger partial charge in [-0.3, -0.25) is 4.79 Å². The zero-order valence-electron chi connectivity index (χ0n) is 15.5. The number of benzene rings is 1. The number of amides is 1. The second-order valence-electron chi connectivity index (χ2n) is 7.02. The van der Waals surface area contributed by atoms with Gasteiger partial charge in [0, 0.05) is 11.5 Å². The first-order valence-electron chi connectivity index (χ1n) is 8.29. The van der Waals surface area contributed by atoms with Gasteiger partial charge in [0.25, 0.3) is 10.0 Å². The highest BCUT2D eigenvalue weighted by Crippen LogP contribution is 2.24. The van der Waals surface area contributed by atoms with Gasteiger partial charge in [0.05, 0.1) is 0 Å². The molecule has 0 saturated carbocycles. The molecule has 0 unspecified atom stereocenters. The molecule has 1 aromatic heterocycles. The molecule has 1 aromatic carbocycles. The van der Waals surface area contributed by atoms with E-state index in [2.05, 4.69) is 27.2 Å². The molecule has 2 rings (SSSR count). The quantitative estimate of drug-likeness (QED) is 0.731. The van der Waals surface area contributed by atoms with Crippen LogP contribution in [-0.4, -0.2) is 24.5 Å². The molecule has 0 bridgehead atoms. The standard InChI is InChI=1S/C17H24N4O3S2/c1-6-12-7-9-13(10-8-12)11(2)21-26(23,24)16-20-19-15(25-16)18-14(22)17(3,4)5/h7-11,21H,6H2,1-5H3,(H,18,19,22)/t11-/m1/s1. The van der Waals surface area contributed by atoms with Gasteiger partial charge < -0.3 is 5.32 Å². The summed E-state index contributed by atoms with van der Waals surface area (Å²) in [4.78, 5) is 12.0. The summed E-state index contributed by atoms with van der Waals surface area (Å²) in [5.41, 5.74) is 1.44. The zero-order chi connectivity index (χ0) is 19.5. The van der Waals surface area contributed by atoms with Crippen molar-refractivity contribution in [3.05, 3.63) is 35.4 Å². The van der Waals surface area contributed by atoms with Crippen LogP contribution in [-0.2, 0) is 21.2 Å².